The number of aryl methyl sites for hydroxylation is 2. The van der Waals surface area contributed by atoms with Gasteiger partial charge in [-0.25, -0.2) is 4.79 Å². The van der Waals surface area contributed by atoms with Gasteiger partial charge in [-0.15, -0.1) is 0 Å². The number of rotatable bonds is 6. The van der Waals surface area contributed by atoms with E-state index in [9.17, 15) is 9.59 Å². The van der Waals surface area contributed by atoms with Crippen molar-refractivity contribution < 1.29 is 13.9 Å². The highest BCUT2D eigenvalue weighted by Gasteiger charge is 2.38. The van der Waals surface area contributed by atoms with E-state index in [0.29, 0.717) is 30.5 Å². The lowest BCUT2D eigenvalue weighted by molar-refractivity contribution is -0.122. The minimum Gasteiger partial charge on any atom is -0.423 e. The normalized spacial score (nSPS) is 19.4. The standard InChI is InChI=1S/C25H34N2O4/c1-18-6-7-20-19(2)21(24(29)31-22(20)16-18)8-9-23(28)26-17-25(10-4-3-5-11-25)27-12-14-30-15-13-27/h6-7,16H,3-5,8-15,17H2,1-2H3,(H,26,28). The monoisotopic (exact) mass is 426 g/mol. The van der Waals surface area contributed by atoms with Crippen molar-refractivity contribution >= 4 is 16.9 Å². The average Bonchev–Trinajstić information content (AvgIpc) is 2.78. The Labute approximate surface area is 183 Å². The van der Waals surface area contributed by atoms with Crippen LogP contribution in [0.3, 0.4) is 0 Å². The van der Waals surface area contributed by atoms with E-state index in [4.69, 9.17) is 9.15 Å². The Bertz CT molecular complexity index is 985. The van der Waals surface area contributed by atoms with Crippen LogP contribution < -0.4 is 10.9 Å². The van der Waals surface area contributed by atoms with Crippen LogP contribution in [0.25, 0.3) is 11.0 Å². The summed E-state index contributed by atoms with van der Waals surface area (Å²) in [7, 11) is 0. The molecule has 0 unspecified atom stereocenters. The number of carbonyl (C=O) groups excluding carboxylic acids is 1. The molecule has 0 bridgehead atoms. The summed E-state index contributed by atoms with van der Waals surface area (Å²) in [4.78, 5) is 27.8. The maximum absolute atomic E-state index is 12.7. The molecule has 1 saturated heterocycles. The van der Waals surface area contributed by atoms with Gasteiger partial charge in [-0.2, -0.15) is 0 Å². The number of hydrogen-bond acceptors (Lipinski definition) is 5. The summed E-state index contributed by atoms with van der Waals surface area (Å²) in [6.07, 6.45) is 6.64. The van der Waals surface area contributed by atoms with Crippen molar-refractivity contribution in [1.29, 1.82) is 0 Å². The summed E-state index contributed by atoms with van der Waals surface area (Å²) in [5, 5.41) is 4.13. The van der Waals surface area contributed by atoms with E-state index in [-0.39, 0.29) is 17.1 Å². The third-order valence-electron chi connectivity index (χ3n) is 7.13. The molecule has 0 atom stereocenters. The number of fused-ring (bicyclic) bond motifs is 1. The Morgan fingerprint density at radius 1 is 1.13 bits per heavy atom. The molecule has 1 aliphatic heterocycles. The molecule has 1 saturated carbocycles. The second-order valence-electron chi connectivity index (χ2n) is 9.15. The maximum Gasteiger partial charge on any atom is 0.339 e. The van der Waals surface area contributed by atoms with E-state index in [0.717, 1.165) is 55.7 Å². The molecule has 4 rings (SSSR count). The number of nitrogens with one attached hydrogen (secondary N) is 1. The Morgan fingerprint density at radius 3 is 2.61 bits per heavy atom. The molecule has 1 amide bonds. The molecule has 2 heterocycles. The fourth-order valence-electron chi connectivity index (χ4n) is 5.23. The third-order valence-corrected chi connectivity index (χ3v) is 7.13. The van der Waals surface area contributed by atoms with Crippen LogP contribution in [0, 0.1) is 13.8 Å². The zero-order valence-corrected chi connectivity index (χ0v) is 18.8. The van der Waals surface area contributed by atoms with Crippen molar-refractivity contribution in [2.75, 3.05) is 32.8 Å². The molecule has 6 heteroatoms. The number of nitrogens with zero attached hydrogens (tertiary/aromatic N) is 1. The lowest BCUT2D eigenvalue weighted by Crippen LogP contribution is -2.59. The molecule has 0 radical (unpaired) electrons. The number of hydrogen-bond donors (Lipinski definition) is 1. The molecule has 6 nitrogen and oxygen atoms in total. The summed E-state index contributed by atoms with van der Waals surface area (Å²) in [6, 6.07) is 5.89. The molecule has 1 aromatic carbocycles. The molecule has 1 aromatic heterocycles. The van der Waals surface area contributed by atoms with Gasteiger partial charge in [0.05, 0.1) is 13.2 Å². The summed E-state index contributed by atoms with van der Waals surface area (Å²) < 4.78 is 11.1. The number of ether oxygens (including phenoxy) is 1. The Hall–Kier alpha value is -2.18. The lowest BCUT2D eigenvalue weighted by atomic mass is 9.79. The van der Waals surface area contributed by atoms with Crippen molar-refractivity contribution in [3.05, 3.63) is 45.3 Å². The molecular weight excluding hydrogens is 392 g/mol. The zero-order chi connectivity index (χ0) is 21.8. The highest BCUT2D eigenvalue weighted by Crippen LogP contribution is 2.34. The molecule has 2 aromatic rings. The highest BCUT2D eigenvalue weighted by molar-refractivity contribution is 5.82. The molecule has 1 N–H and O–H groups in total. The third kappa shape index (κ3) is 4.85. The maximum atomic E-state index is 12.7. The summed E-state index contributed by atoms with van der Waals surface area (Å²) in [5.41, 5.74) is 2.90. The number of amides is 1. The first-order valence-electron chi connectivity index (χ1n) is 11.6. The quantitative estimate of drug-likeness (QED) is 0.716. The molecule has 168 valence electrons. The van der Waals surface area contributed by atoms with Crippen LogP contribution in [0.1, 0.15) is 55.2 Å². The van der Waals surface area contributed by atoms with E-state index in [1.54, 1.807) is 0 Å². The van der Waals surface area contributed by atoms with Gasteiger partial charge in [0, 0.05) is 42.5 Å². The van der Waals surface area contributed by atoms with Crippen LogP contribution in [-0.4, -0.2) is 49.2 Å². The van der Waals surface area contributed by atoms with Crippen molar-refractivity contribution in [2.45, 2.75) is 64.3 Å². The topological polar surface area (TPSA) is 71.8 Å². The van der Waals surface area contributed by atoms with Crippen molar-refractivity contribution in [1.82, 2.24) is 10.2 Å². The van der Waals surface area contributed by atoms with Gasteiger partial charge >= 0.3 is 5.63 Å². The molecule has 0 spiro atoms. The zero-order valence-electron chi connectivity index (χ0n) is 18.8. The predicted octanol–water partition coefficient (Wildman–Crippen LogP) is 3.49. The summed E-state index contributed by atoms with van der Waals surface area (Å²) >= 11 is 0. The van der Waals surface area contributed by atoms with E-state index >= 15 is 0 Å². The Morgan fingerprint density at radius 2 is 1.87 bits per heavy atom. The molecular formula is C25H34N2O4. The summed E-state index contributed by atoms with van der Waals surface area (Å²) in [6.45, 7) is 8.01. The lowest BCUT2D eigenvalue weighted by Gasteiger charge is -2.48. The van der Waals surface area contributed by atoms with Crippen molar-refractivity contribution in [3.63, 3.8) is 0 Å². The number of benzene rings is 1. The largest absolute Gasteiger partial charge is 0.423 e. The fraction of sp³-hybridized carbons (Fsp3) is 0.600. The van der Waals surface area contributed by atoms with E-state index in [1.165, 1.54) is 19.3 Å². The van der Waals surface area contributed by atoms with Gasteiger partial charge in [0.2, 0.25) is 5.91 Å². The first kappa shape index (κ1) is 22.0. The van der Waals surface area contributed by atoms with E-state index in [1.807, 2.05) is 32.0 Å². The van der Waals surface area contributed by atoms with Crippen LogP contribution in [0.5, 0.6) is 0 Å². The van der Waals surface area contributed by atoms with Crippen molar-refractivity contribution in [3.8, 4) is 0 Å². The SMILES string of the molecule is Cc1ccc2c(C)c(CCC(=O)NCC3(N4CCOCC4)CCCCC3)c(=O)oc2c1. The summed E-state index contributed by atoms with van der Waals surface area (Å²) in [5.74, 6) is 0.000936. The highest BCUT2D eigenvalue weighted by atomic mass is 16.5. The fourth-order valence-corrected chi connectivity index (χ4v) is 5.23. The van der Waals surface area contributed by atoms with Gasteiger partial charge in [0.1, 0.15) is 5.58 Å². The molecule has 2 aliphatic rings. The van der Waals surface area contributed by atoms with E-state index in [2.05, 4.69) is 10.2 Å². The van der Waals surface area contributed by atoms with Crippen molar-refractivity contribution in [2.24, 2.45) is 0 Å². The van der Waals surface area contributed by atoms with Gasteiger partial charge in [-0.3, -0.25) is 9.69 Å². The van der Waals surface area contributed by atoms with Gasteiger partial charge in [-0.1, -0.05) is 31.4 Å². The molecule has 2 fully saturated rings. The molecule has 31 heavy (non-hydrogen) atoms. The van der Waals surface area contributed by atoms with Crippen LogP contribution in [0.15, 0.2) is 27.4 Å². The van der Waals surface area contributed by atoms with Crippen LogP contribution >= 0.6 is 0 Å². The number of morpholine rings is 1. The first-order valence-corrected chi connectivity index (χ1v) is 11.6. The Balaban J connectivity index is 1.41. The second-order valence-corrected chi connectivity index (χ2v) is 9.15. The van der Waals surface area contributed by atoms with Gasteiger partial charge in [0.25, 0.3) is 0 Å². The smallest absolute Gasteiger partial charge is 0.339 e. The second kappa shape index (κ2) is 9.53. The molecule has 1 aliphatic carbocycles. The predicted molar refractivity (Wildman–Crippen MR) is 121 cm³/mol. The minimum atomic E-state index is -0.333. The minimum absolute atomic E-state index is 0.000936. The van der Waals surface area contributed by atoms with Crippen LogP contribution in [0.2, 0.25) is 0 Å². The Kier molecular flexibility index (Phi) is 6.77. The van der Waals surface area contributed by atoms with Crippen LogP contribution in [0.4, 0.5) is 0 Å². The van der Waals surface area contributed by atoms with Crippen LogP contribution in [-0.2, 0) is 16.0 Å². The van der Waals surface area contributed by atoms with E-state index < -0.39 is 0 Å². The van der Waals surface area contributed by atoms with Gasteiger partial charge in [-0.05, 0) is 50.3 Å². The number of carbonyl (C=O) groups is 1. The van der Waals surface area contributed by atoms with Gasteiger partial charge < -0.3 is 14.5 Å². The van der Waals surface area contributed by atoms with Gasteiger partial charge in [0.15, 0.2) is 0 Å². The average molecular weight is 427 g/mol. The first-order chi connectivity index (χ1) is 15.0.